The smallest absolute Gasteiger partial charge is 0.338 e. The molecule has 0 unspecified atom stereocenters. The van der Waals surface area contributed by atoms with Crippen molar-refractivity contribution in [2.45, 2.75) is 11.3 Å². The van der Waals surface area contributed by atoms with Gasteiger partial charge in [-0.3, -0.25) is 4.79 Å². The first-order valence-electron chi connectivity index (χ1n) is 5.51. The van der Waals surface area contributed by atoms with Gasteiger partial charge < -0.3 is 10.4 Å². The fourth-order valence-electron chi connectivity index (χ4n) is 1.34. The molecule has 0 aliphatic carbocycles. The summed E-state index contributed by atoms with van der Waals surface area (Å²) >= 11 is 0. The zero-order chi connectivity index (χ0) is 15.3. The van der Waals surface area contributed by atoms with Gasteiger partial charge in [-0.05, 0) is 18.2 Å². The molecule has 0 spiro atoms. The van der Waals surface area contributed by atoms with Crippen LogP contribution < -0.4 is 10.0 Å². The Bertz CT molecular complexity index is 630. The van der Waals surface area contributed by atoms with Crippen molar-refractivity contribution in [1.29, 1.82) is 0 Å². The van der Waals surface area contributed by atoms with Crippen molar-refractivity contribution < 1.29 is 27.5 Å². The summed E-state index contributed by atoms with van der Waals surface area (Å²) < 4.78 is 38.9. The number of hydrogen-bond acceptors (Lipinski definition) is 4. The number of carbonyl (C=O) groups is 2. The van der Waals surface area contributed by atoms with Crippen molar-refractivity contribution in [3.05, 3.63) is 29.6 Å². The average Bonchev–Trinajstić information content (AvgIpc) is 2.38. The molecule has 20 heavy (non-hydrogen) atoms. The lowest BCUT2D eigenvalue weighted by Gasteiger charge is -2.07. The Hall–Kier alpha value is -2.00. The Morgan fingerprint density at radius 2 is 2.00 bits per heavy atom. The molecule has 1 aromatic carbocycles. The van der Waals surface area contributed by atoms with Crippen LogP contribution in [-0.2, 0) is 14.8 Å². The number of carboxylic acid groups (broad SMARTS) is 1. The third kappa shape index (κ3) is 4.00. The van der Waals surface area contributed by atoms with E-state index in [1.807, 2.05) is 0 Å². The maximum absolute atomic E-state index is 13.2. The van der Waals surface area contributed by atoms with Crippen molar-refractivity contribution in [1.82, 2.24) is 10.0 Å². The van der Waals surface area contributed by atoms with Crippen LogP contribution in [0.25, 0.3) is 0 Å². The SMILES string of the molecule is CNC(=O)CCNS(=O)(=O)c1ccc(F)c(C(=O)O)c1. The molecule has 0 saturated carbocycles. The van der Waals surface area contributed by atoms with Gasteiger partial charge in [-0.25, -0.2) is 22.3 Å². The first-order chi connectivity index (χ1) is 9.27. The fraction of sp³-hybridized carbons (Fsp3) is 0.273. The molecule has 1 rings (SSSR count). The van der Waals surface area contributed by atoms with Gasteiger partial charge in [-0.2, -0.15) is 0 Å². The van der Waals surface area contributed by atoms with Crippen molar-refractivity contribution in [3.63, 3.8) is 0 Å². The Labute approximate surface area is 114 Å². The minimum atomic E-state index is -4.00. The number of benzene rings is 1. The monoisotopic (exact) mass is 304 g/mol. The van der Waals surface area contributed by atoms with Crippen LogP contribution in [-0.4, -0.2) is 39.0 Å². The Morgan fingerprint density at radius 3 is 2.55 bits per heavy atom. The van der Waals surface area contributed by atoms with E-state index in [1.165, 1.54) is 7.05 Å². The van der Waals surface area contributed by atoms with E-state index in [1.54, 1.807) is 0 Å². The third-order valence-electron chi connectivity index (χ3n) is 2.40. The fourth-order valence-corrected chi connectivity index (χ4v) is 2.40. The lowest BCUT2D eigenvalue weighted by atomic mass is 10.2. The van der Waals surface area contributed by atoms with Crippen molar-refractivity contribution >= 4 is 21.9 Å². The Balaban J connectivity index is 2.90. The summed E-state index contributed by atoms with van der Waals surface area (Å²) in [6.45, 7) is -0.151. The highest BCUT2D eigenvalue weighted by molar-refractivity contribution is 7.89. The summed E-state index contributed by atoms with van der Waals surface area (Å²) in [4.78, 5) is 21.3. The van der Waals surface area contributed by atoms with Gasteiger partial charge >= 0.3 is 5.97 Å². The van der Waals surface area contributed by atoms with Crippen molar-refractivity contribution in [3.8, 4) is 0 Å². The molecule has 0 heterocycles. The summed E-state index contributed by atoms with van der Waals surface area (Å²) in [6, 6.07) is 2.43. The lowest BCUT2D eigenvalue weighted by molar-refractivity contribution is -0.120. The molecule has 7 nitrogen and oxygen atoms in total. The van der Waals surface area contributed by atoms with Crippen LogP contribution in [0.1, 0.15) is 16.8 Å². The molecule has 0 saturated heterocycles. The van der Waals surface area contributed by atoms with E-state index < -0.39 is 27.4 Å². The molecule has 0 fully saturated rings. The maximum atomic E-state index is 13.2. The van der Waals surface area contributed by atoms with Gasteiger partial charge in [0, 0.05) is 20.0 Å². The lowest BCUT2D eigenvalue weighted by Crippen LogP contribution is -2.29. The molecule has 0 bridgehead atoms. The molecular weight excluding hydrogens is 291 g/mol. The standard InChI is InChI=1S/C11H13FN2O5S/c1-13-10(15)4-5-14-20(18,19)7-2-3-9(12)8(6-7)11(16)17/h2-3,6,14H,4-5H2,1H3,(H,13,15)(H,16,17). The highest BCUT2D eigenvalue weighted by Crippen LogP contribution is 2.15. The van der Waals surface area contributed by atoms with E-state index in [0.29, 0.717) is 0 Å². The molecule has 0 aliphatic rings. The molecule has 1 aromatic rings. The van der Waals surface area contributed by atoms with Crippen molar-refractivity contribution in [2.75, 3.05) is 13.6 Å². The van der Waals surface area contributed by atoms with Gasteiger partial charge in [0.25, 0.3) is 0 Å². The molecule has 1 amide bonds. The number of sulfonamides is 1. The molecule has 0 atom stereocenters. The summed E-state index contributed by atoms with van der Waals surface area (Å²) in [5.41, 5.74) is -0.737. The average molecular weight is 304 g/mol. The predicted octanol–water partition coefficient (Wildman–Crippen LogP) is -0.0617. The second-order valence-electron chi connectivity index (χ2n) is 3.77. The number of carboxylic acids is 1. The first kappa shape index (κ1) is 16.1. The summed E-state index contributed by atoms with van der Waals surface area (Å²) in [7, 11) is -2.58. The van der Waals surface area contributed by atoms with Gasteiger partial charge in [-0.1, -0.05) is 0 Å². The van der Waals surface area contributed by atoms with E-state index in [0.717, 1.165) is 18.2 Å². The van der Waals surface area contributed by atoms with Crippen molar-refractivity contribution in [2.24, 2.45) is 0 Å². The number of carbonyl (C=O) groups excluding carboxylic acids is 1. The molecule has 0 aromatic heterocycles. The summed E-state index contributed by atoms with van der Waals surface area (Å²) in [6.07, 6.45) is -0.0668. The normalized spacial score (nSPS) is 11.1. The molecule has 0 radical (unpaired) electrons. The predicted molar refractivity (Wildman–Crippen MR) is 67.2 cm³/mol. The second-order valence-corrected chi connectivity index (χ2v) is 5.53. The van der Waals surface area contributed by atoms with E-state index >= 15 is 0 Å². The quantitative estimate of drug-likeness (QED) is 0.681. The van der Waals surface area contributed by atoms with E-state index in [4.69, 9.17) is 5.11 Å². The molecule has 3 N–H and O–H groups in total. The van der Waals surface area contributed by atoms with E-state index in [9.17, 15) is 22.4 Å². The van der Waals surface area contributed by atoms with Gasteiger partial charge in [0.1, 0.15) is 5.82 Å². The summed E-state index contributed by atoms with van der Waals surface area (Å²) in [5, 5.41) is 11.0. The van der Waals surface area contributed by atoms with Crippen LogP contribution in [0.3, 0.4) is 0 Å². The van der Waals surface area contributed by atoms with Crippen LogP contribution in [0, 0.1) is 5.82 Å². The largest absolute Gasteiger partial charge is 0.478 e. The summed E-state index contributed by atoms with van der Waals surface area (Å²) in [5.74, 6) is -2.94. The number of aromatic carboxylic acids is 1. The number of halogens is 1. The van der Waals surface area contributed by atoms with E-state index in [-0.39, 0.29) is 23.8 Å². The van der Waals surface area contributed by atoms with E-state index in [2.05, 4.69) is 10.0 Å². The van der Waals surface area contributed by atoms with Gasteiger partial charge in [0.05, 0.1) is 10.5 Å². The van der Waals surface area contributed by atoms with Crippen LogP contribution in [0.15, 0.2) is 23.1 Å². The van der Waals surface area contributed by atoms with Crippen LogP contribution >= 0.6 is 0 Å². The molecule has 110 valence electrons. The van der Waals surface area contributed by atoms with Crippen LogP contribution in [0.4, 0.5) is 4.39 Å². The number of rotatable bonds is 6. The highest BCUT2D eigenvalue weighted by Gasteiger charge is 2.18. The van der Waals surface area contributed by atoms with Gasteiger partial charge in [0.2, 0.25) is 15.9 Å². The molecule has 0 aliphatic heterocycles. The number of hydrogen-bond donors (Lipinski definition) is 3. The topological polar surface area (TPSA) is 113 Å². The maximum Gasteiger partial charge on any atom is 0.338 e. The zero-order valence-corrected chi connectivity index (χ0v) is 11.3. The Morgan fingerprint density at radius 1 is 1.35 bits per heavy atom. The number of amides is 1. The van der Waals surface area contributed by atoms with Crippen LogP contribution in [0.2, 0.25) is 0 Å². The van der Waals surface area contributed by atoms with Crippen LogP contribution in [0.5, 0.6) is 0 Å². The highest BCUT2D eigenvalue weighted by atomic mass is 32.2. The van der Waals surface area contributed by atoms with Gasteiger partial charge in [0.15, 0.2) is 0 Å². The second kappa shape index (κ2) is 6.44. The Kier molecular flexibility index (Phi) is 5.17. The number of nitrogens with one attached hydrogen (secondary N) is 2. The third-order valence-corrected chi connectivity index (χ3v) is 3.86. The minimum Gasteiger partial charge on any atom is -0.478 e. The first-order valence-corrected chi connectivity index (χ1v) is 6.99. The minimum absolute atomic E-state index is 0.0668. The zero-order valence-electron chi connectivity index (χ0n) is 10.5. The molecule has 9 heteroatoms. The van der Waals surface area contributed by atoms with Gasteiger partial charge in [-0.15, -0.1) is 0 Å². The molecular formula is C11H13FN2O5S.